The van der Waals surface area contributed by atoms with E-state index in [2.05, 4.69) is 253 Å². The smallest absolute Gasteiger partial charge is 0.0564 e. The number of anilines is 6. The molecular formula is C80H70N4. The molecule has 84 heavy (non-hydrogen) atoms. The van der Waals surface area contributed by atoms with Crippen molar-refractivity contribution in [1.82, 2.24) is 9.13 Å². The highest BCUT2D eigenvalue weighted by Gasteiger charge is 2.30. The molecule has 0 aliphatic heterocycles. The standard InChI is InChI=1S/C80H70N4/c1-5-23-55-47-73(83(69-39-21-27-53-25-13-15-33-61(53)69)59-45-51(3)77-65-35-17-19-37-71(65)81(75(77)49-59)57-29-9-7-10-30-57)67-44-42-64-56(24-6-2)48-74(68-43-41-63(55)79(67)80(64)68)84(70-40-22-28-54-26-14-16-34-62(54)70)60-46-52(4)78-66-36-18-20-38-72(66)82(76(78)50-60)58-31-11-8-12-32-58/h7-12,17-22,27-32,35-50H,5-6,13-16,23-26,33-34H2,1-4H3. The summed E-state index contributed by atoms with van der Waals surface area (Å²) in [5, 5.41) is 13.3. The Kier molecular flexibility index (Phi) is 12.3. The third-order valence-electron chi connectivity index (χ3n) is 19.2. The Balaban J connectivity index is 1.01. The van der Waals surface area contributed by atoms with Gasteiger partial charge in [0.05, 0.1) is 33.4 Å². The van der Waals surface area contributed by atoms with Gasteiger partial charge in [-0.3, -0.25) is 0 Å². The van der Waals surface area contributed by atoms with Gasteiger partial charge in [-0.15, -0.1) is 0 Å². The lowest BCUT2D eigenvalue weighted by atomic mass is 9.85. The molecule has 16 rings (SSSR count). The van der Waals surface area contributed by atoms with Crippen molar-refractivity contribution < 1.29 is 0 Å². The minimum absolute atomic E-state index is 0.980. The van der Waals surface area contributed by atoms with Crippen LogP contribution < -0.4 is 9.80 Å². The van der Waals surface area contributed by atoms with E-state index in [0.29, 0.717) is 0 Å². The minimum atomic E-state index is 0.980. The molecule has 0 spiro atoms. The van der Waals surface area contributed by atoms with E-state index in [4.69, 9.17) is 0 Å². The maximum absolute atomic E-state index is 2.70. The molecule has 2 aliphatic rings. The van der Waals surface area contributed by atoms with Crippen LogP contribution in [0.15, 0.2) is 206 Å². The van der Waals surface area contributed by atoms with E-state index in [1.54, 1.807) is 0 Å². The summed E-state index contributed by atoms with van der Waals surface area (Å²) in [6.45, 7) is 9.39. The van der Waals surface area contributed by atoms with Crippen molar-refractivity contribution in [2.75, 3.05) is 9.80 Å². The van der Waals surface area contributed by atoms with Crippen molar-refractivity contribution in [3.63, 3.8) is 0 Å². The summed E-state index contributed by atoms with van der Waals surface area (Å²) in [6.07, 6.45) is 13.3. The second-order valence-corrected chi connectivity index (χ2v) is 24.3. The maximum Gasteiger partial charge on any atom is 0.0564 e. The Bertz CT molecular complexity index is 4590. The van der Waals surface area contributed by atoms with E-state index < -0.39 is 0 Å². The van der Waals surface area contributed by atoms with Gasteiger partial charge in [0.2, 0.25) is 0 Å². The topological polar surface area (TPSA) is 16.3 Å². The number of aryl methyl sites for hydroxylation is 6. The van der Waals surface area contributed by atoms with Gasteiger partial charge in [0, 0.05) is 66.4 Å². The lowest BCUT2D eigenvalue weighted by Gasteiger charge is -2.34. The number of para-hydroxylation sites is 4. The van der Waals surface area contributed by atoms with Gasteiger partial charge < -0.3 is 18.9 Å². The number of fused-ring (bicyclic) bond motifs is 8. The molecule has 0 N–H and O–H groups in total. The van der Waals surface area contributed by atoms with Crippen LogP contribution in [0.3, 0.4) is 0 Å². The monoisotopic (exact) mass is 1090 g/mol. The first-order valence-electron chi connectivity index (χ1n) is 31.2. The van der Waals surface area contributed by atoms with Gasteiger partial charge in [0.15, 0.2) is 0 Å². The number of aromatic nitrogens is 2. The lowest BCUT2D eigenvalue weighted by molar-refractivity contribution is 0.686. The molecule has 4 heteroatoms. The van der Waals surface area contributed by atoms with Crippen molar-refractivity contribution in [3.05, 3.63) is 251 Å². The first kappa shape index (κ1) is 50.6. The van der Waals surface area contributed by atoms with Crippen LogP contribution in [-0.4, -0.2) is 9.13 Å². The fourth-order valence-corrected chi connectivity index (χ4v) is 15.7. The van der Waals surface area contributed by atoms with Gasteiger partial charge >= 0.3 is 0 Å². The van der Waals surface area contributed by atoms with Gasteiger partial charge in [0.1, 0.15) is 0 Å². The van der Waals surface area contributed by atoms with E-state index in [9.17, 15) is 0 Å². The van der Waals surface area contributed by atoms with Crippen molar-refractivity contribution >= 4 is 110 Å². The molecule has 0 bridgehead atoms. The Hall–Kier alpha value is -9.12. The SMILES string of the molecule is CCCc1cc(N(c2cc(C)c3c4ccccc4n(-c4ccccc4)c3c2)c2cccc3c2CCCC3)c2ccc3c(CCC)cc(N(c4cc(C)c5c6ccccc6n(-c6ccccc6)c5c4)c4cccc5c4CCCC5)c4ccc1c2c34. The third-order valence-corrected chi connectivity index (χ3v) is 19.2. The highest BCUT2D eigenvalue weighted by Crippen LogP contribution is 2.53. The fraction of sp³-hybridized carbons (Fsp3) is 0.200. The quantitative estimate of drug-likeness (QED) is 0.113. The normalized spacial score (nSPS) is 13.5. The van der Waals surface area contributed by atoms with E-state index in [1.165, 1.54) is 192 Å². The second kappa shape index (κ2) is 20.3. The molecule has 0 amide bonds. The summed E-state index contributed by atoms with van der Waals surface area (Å²) in [5.41, 5.74) is 26.1. The molecule has 2 aromatic heterocycles. The molecule has 14 aromatic rings. The number of hydrogen-bond donors (Lipinski definition) is 0. The molecule has 0 saturated heterocycles. The summed E-state index contributed by atoms with van der Waals surface area (Å²) in [4.78, 5) is 5.41. The summed E-state index contributed by atoms with van der Waals surface area (Å²) in [5.74, 6) is 0. The Morgan fingerprint density at radius 1 is 0.333 bits per heavy atom. The largest absolute Gasteiger partial charge is 0.309 e. The molecule has 2 heterocycles. The lowest BCUT2D eigenvalue weighted by Crippen LogP contribution is -2.17. The highest BCUT2D eigenvalue weighted by atomic mass is 15.2. The van der Waals surface area contributed by atoms with Crippen LogP contribution in [0.2, 0.25) is 0 Å². The summed E-state index contributed by atoms with van der Waals surface area (Å²) >= 11 is 0. The first-order chi connectivity index (χ1) is 41.4. The number of rotatable bonds is 12. The van der Waals surface area contributed by atoms with E-state index in [-0.39, 0.29) is 0 Å². The minimum Gasteiger partial charge on any atom is -0.309 e. The third kappa shape index (κ3) is 7.86. The Labute approximate surface area is 493 Å². The molecule has 0 saturated carbocycles. The molecular weight excluding hydrogens is 1020 g/mol. The van der Waals surface area contributed by atoms with Crippen LogP contribution >= 0.6 is 0 Å². The highest BCUT2D eigenvalue weighted by molar-refractivity contribution is 6.30. The molecule has 0 radical (unpaired) electrons. The van der Waals surface area contributed by atoms with Crippen LogP contribution in [0.5, 0.6) is 0 Å². The predicted molar refractivity (Wildman–Crippen MR) is 359 cm³/mol. The molecule has 2 aliphatic carbocycles. The fourth-order valence-electron chi connectivity index (χ4n) is 15.7. The van der Waals surface area contributed by atoms with Crippen LogP contribution in [0, 0.1) is 13.8 Å². The van der Waals surface area contributed by atoms with Crippen LogP contribution in [0.25, 0.3) is 87.3 Å². The van der Waals surface area contributed by atoms with Crippen molar-refractivity contribution in [1.29, 1.82) is 0 Å². The first-order valence-corrected chi connectivity index (χ1v) is 31.2. The van der Waals surface area contributed by atoms with Crippen molar-refractivity contribution in [2.24, 2.45) is 0 Å². The summed E-state index contributed by atoms with van der Waals surface area (Å²) < 4.78 is 5.00. The summed E-state index contributed by atoms with van der Waals surface area (Å²) in [6, 6.07) is 79.5. The zero-order valence-electron chi connectivity index (χ0n) is 48.9. The van der Waals surface area contributed by atoms with Gasteiger partial charge in [0.25, 0.3) is 0 Å². The molecule has 0 unspecified atom stereocenters. The molecule has 12 aromatic carbocycles. The number of hydrogen-bond acceptors (Lipinski definition) is 2. The van der Waals surface area contributed by atoms with E-state index in [1.807, 2.05) is 0 Å². The van der Waals surface area contributed by atoms with E-state index >= 15 is 0 Å². The molecule has 410 valence electrons. The number of nitrogens with zero attached hydrogens (tertiary/aromatic N) is 4. The molecule has 0 fully saturated rings. The van der Waals surface area contributed by atoms with E-state index in [0.717, 1.165) is 51.4 Å². The second-order valence-electron chi connectivity index (χ2n) is 24.3. The van der Waals surface area contributed by atoms with Gasteiger partial charge in [-0.25, -0.2) is 0 Å². The Morgan fingerprint density at radius 3 is 1.18 bits per heavy atom. The summed E-state index contributed by atoms with van der Waals surface area (Å²) in [7, 11) is 0. The average molecular weight is 1090 g/mol. The van der Waals surface area contributed by atoms with Gasteiger partial charge in [-0.1, -0.05) is 148 Å². The zero-order chi connectivity index (χ0) is 56.2. The van der Waals surface area contributed by atoms with Crippen molar-refractivity contribution in [2.45, 2.75) is 105 Å². The molecule has 0 atom stereocenters. The maximum atomic E-state index is 2.70. The van der Waals surface area contributed by atoms with Crippen LogP contribution in [0.4, 0.5) is 34.1 Å². The van der Waals surface area contributed by atoms with Gasteiger partial charge in [-0.05, 0) is 229 Å². The number of benzene rings is 12. The van der Waals surface area contributed by atoms with Crippen molar-refractivity contribution in [3.8, 4) is 11.4 Å². The molecule has 4 nitrogen and oxygen atoms in total. The van der Waals surface area contributed by atoms with Gasteiger partial charge in [-0.2, -0.15) is 0 Å². The Morgan fingerprint density at radius 2 is 0.738 bits per heavy atom. The predicted octanol–water partition coefficient (Wildman–Crippen LogP) is 22.0. The van der Waals surface area contributed by atoms with Crippen LogP contribution in [-0.2, 0) is 38.5 Å². The average Bonchev–Trinajstić information content (AvgIpc) is 1.06. The van der Waals surface area contributed by atoms with Crippen LogP contribution in [0.1, 0.15) is 96.9 Å². The zero-order valence-corrected chi connectivity index (χ0v) is 48.9.